The second-order valence-corrected chi connectivity index (χ2v) is 5.76. The van der Waals surface area contributed by atoms with Gasteiger partial charge in [-0.1, -0.05) is 44.2 Å². The van der Waals surface area contributed by atoms with Crippen LogP contribution in [0, 0.1) is 5.92 Å². The quantitative estimate of drug-likeness (QED) is 0.804. The molecule has 2 rings (SSSR count). The lowest BCUT2D eigenvalue weighted by Crippen LogP contribution is -2.28. The lowest BCUT2D eigenvalue weighted by molar-refractivity contribution is -0.120. The van der Waals surface area contributed by atoms with Crippen molar-refractivity contribution in [2.24, 2.45) is 5.92 Å². The molecule has 0 aliphatic carbocycles. The van der Waals surface area contributed by atoms with Gasteiger partial charge in [0.15, 0.2) is 5.82 Å². The van der Waals surface area contributed by atoms with Gasteiger partial charge in [0.2, 0.25) is 5.91 Å². The molecular weight excluding hydrogens is 278 g/mol. The number of hydrogen-bond donors (Lipinski definition) is 1. The molecule has 0 saturated heterocycles. The summed E-state index contributed by atoms with van der Waals surface area (Å²) in [6, 6.07) is 10.2. The fourth-order valence-corrected chi connectivity index (χ4v) is 2.11. The SMILES string of the molecule is CC(C)CCNC(=O)Cc1nnnn1CCc1ccccc1. The molecule has 1 aromatic heterocycles. The Morgan fingerprint density at radius 1 is 1.27 bits per heavy atom. The van der Waals surface area contributed by atoms with Crippen LogP contribution < -0.4 is 5.32 Å². The largest absolute Gasteiger partial charge is 0.356 e. The molecule has 0 atom stereocenters. The van der Waals surface area contributed by atoms with Crippen LogP contribution >= 0.6 is 0 Å². The Morgan fingerprint density at radius 3 is 2.77 bits per heavy atom. The van der Waals surface area contributed by atoms with E-state index < -0.39 is 0 Å². The lowest BCUT2D eigenvalue weighted by Gasteiger charge is -2.07. The maximum Gasteiger partial charge on any atom is 0.227 e. The van der Waals surface area contributed by atoms with Crippen LogP contribution in [-0.2, 0) is 24.2 Å². The molecule has 1 aromatic carbocycles. The molecule has 118 valence electrons. The third kappa shape index (κ3) is 5.27. The van der Waals surface area contributed by atoms with E-state index in [1.54, 1.807) is 4.68 Å². The van der Waals surface area contributed by atoms with E-state index in [-0.39, 0.29) is 12.3 Å². The number of nitrogens with one attached hydrogen (secondary N) is 1. The van der Waals surface area contributed by atoms with Gasteiger partial charge in [-0.3, -0.25) is 4.79 Å². The van der Waals surface area contributed by atoms with Gasteiger partial charge in [0.05, 0.1) is 6.42 Å². The minimum atomic E-state index is -0.0311. The molecule has 22 heavy (non-hydrogen) atoms. The number of aromatic nitrogens is 4. The number of nitrogens with zero attached hydrogens (tertiary/aromatic N) is 4. The third-order valence-corrected chi connectivity index (χ3v) is 3.42. The number of carbonyl (C=O) groups excluding carboxylic acids is 1. The molecule has 0 fully saturated rings. The highest BCUT2D eigenvalue weighted by atomic mass is 16.1. The highest BCUT2D eigenvalue weighted by Gasteiger charge is 2.11. The molecule has 0 aliphatic rings. The zero-order valence-corrected chi connectivity index (χ0v) is 13.2. The summed E-state index contributed by atoms with van der Waals surface area (Å²) in [6.45, 7) is 5.64. The Bertz CT molecular complexity index is 579. The van der Waals surface area contributed by atoms with E-state index in [1.165, 1.54) is 5.56 Å². The number of benzene rings is 1. The third-order valence-electron chi connectivity index (χ3n) is 3.42. The van der Waals surface area contributed by atoms with Crippen LogP contribution in [-0.4, -0.2) is 32.7 Å². The first-order valence-corrected chi connectivity index (χ1v) is 7.71. The van der Waals surface area contributed by atoms with Crippen molar-refractivity contribution in [3.05, 3.63) is 41.7 Å². The standard InChI is InChI=1S/C16H23N5O/c1-13(2)8-10-17-16(22)12-15-18-19-20-21(15)11-9-14-6-4-3-5-7-14/h3-7,13H,8-12H2,1-2H3,(H,17,22). The van der Waals surface area contributed by atoms with E-state index in [9.17, 15) is 4.79 Å². The molecule has 0 radical (unpaired) electrons. The van der Waals surface area contributed by atoms with Crippen molar-refractivity contribution < 1.29 is 4.79 Å². The first-order chi connectivity index (χ1) is 10.6. The zero-order valence-electron chi connectivity index (χ0n) is 13.2. The summed E-state index contributed by atoms with van der Waals surface area (Å²) in [4.78, 5) is 11.9. The van der Waals surface area contributed by atoms with Gasteiger partial charge in [-0.15, -0.1) is 5.10 Å². The van der Waals surface area contributed by atoms with Crippen molar-refractivity contribution in [2.45, 2.75) is 39.7 Å². The first kappa shape index (κ1) is 16.1. The molecule has 0 bridgehead atoms. The summed E-state index contributed by atoms with van der Waals surface area (Å²) in [5, 5.41) is 14.5. The summed E-state index contributed by atoms with van der Waals surface area (Å²) in [5.41, 5.74) is 1.23. The van der Waals surface area contributed by atoms with Gasteiger partial charge in [-0.25, -0.2) is 4.68 Å². The normalized spacial score (nSPS) is 10.9. The topological polar surface area (TPSA) is 72.7 Å². The molecule has 0 spiro atoms. The zero-order chi connectivity index (χ0) is 15.8. The van der Waals surface area contributed by atoms with Gasteiger partial charge in [0.25, 0.3) is 0 Å². The molecule has 2 aromatic rings. The van der Waals surface area contributed by atoms with Gasteiger partial charge < -0.3 is 5.32 Å². The van der Waals surface area contributed by atoms with E-state index in [2.05, 4.69) is 46.8 Å². The van der Waals surface area contributed by atoms with Gasteiger partial charge in [0, 0.05) is 13.1 Å². The number of tetrazole rings is 1. The predicted molar refractivity (Wildman–Crippen MR) is 84.1 cm³/mol. The van der Waals surface area contributed by atoms with Crippen molar-refractivity contribution in [3.63, 3.8) is 0 Å². The molecular formula is C16H23N5O. The Labute approximate surface area is 130 Å². The summed E-state index contributed by atoms with van der Waals surface area (Å²) in [5.74, 6) is 1.16. The first-order valence-electron chi connectivity index (χ1n) is 7.71. The number of aryl methyl sites for hydroxylation is 2. The van der Waals surface area contributed by atoms with Crippen molar-refractivity contribution in [3.8, 4) is 0 Å². The van der Waals surface area contributed by atoms with Crippen LogP contribution in [0.25, 0.3) is 0 Å². The Balaban J connectivity index is 1.83. The minimum absolute atomic E-state index is 0.0311. The summed E-state index contributed by atoms with van der Waals surface area (Å²) in [6.07, 6.45) is 2.04. The fourth-order valence-electron chi connectivity index (χ4n) is 2.11. The highest BCUT2D eigenvalue weighted by molar-refractivity contribution is 5.77. The summed E-state index contributed by atoms with van der Waals surface area (Å²) in [7, 11) is 0. The second-order valence-electron chi connectivity index (χ2n) is 5.76. The van der Waals surface area contributed by atoms with Gasteiger partial charge in [0.1, 0.15) is 0 Å². The van der Waals surface area contributed by atoms with E-state index in [0.29, 0.717) is 24.8 Å². The van der Waals surface area contributed by atoms with Gasteiger partial charge in [-0.2, -0.15) is 0 Å². The van der Waals surface area contributed by atoms with Crippen LogP contribution in [0.5, 0.6) is 0 Å². The van der Waals surface area contributed by atoms with Crippen molar-refractivity contribution in [1.29, 1.82) is 0 Å². The Hall–Kier alpha value is -2.24. The summed E-state index contributed by atoms with van der Waals surface area (Å²) >= 11 is 0. The number of hydrogen-bond acceptors (Lipinski definition) is 4. The number of amides is 1. The van der Waals surface area contributed by atoms with Crippen molar-refractivity contribution >= 4 is 5.91 Å². The molecule has 0 unspecified atom stereocenters. The minimum Gasteiger partial charge on any atom is -0.356 e. The second kappa shape index (κ2) is 8.26. The lowest BCUT2D eigenvalue weighted by atomic mass is 10.1. The van der Waals surface area contributed by atoms with E-state index in [4.69, 9.17) is 0 Å². The maximum absolute atomic E-state index is 11.9. The van der Waals surface area contributed by atoms with Crippen molar-refractivity contribution in [2.75, 3.05) is 6.54 Å². The molecule has 6 heteroatoms. The molecule has 0 saturated carbocycles. The molecule has 1 amide bonds. The van der Waals surface area contributed by atoms with Crippen LogP contribution in [0.15, 0.2) is 30.3 Å². The van der Waals surface area contributed by atoms with E-state index >= 15 is 0 Å². The monoisotopic (exact) mass is 301 g/mol. The molecule has 1 heterocycles. The van der Waals surface area contributed by atoms with E-state index in [1.807, 2.05) is 18.2 Å². The molecule has 6 nitrogen and oxygen atoms in total. The summed E-state index contributed by atoms with van der Waals surface area (Å²) < 4.78 is 1.70. The van der Waals surface area contributed by atoms with E-state index in [0.717, 1.165) is 12.8 Å². The maximum atomic E-state index is 11.9. The number of rotatable bonds is 8. The van der Waals surface area contributed by atoms with Crippen molar-refractivity contribution in [1.82, 2.24) is 25.5 Å². The van der Waals surface area contributed by atoms with Gasteiger partial charge >= 0.3 is 0 Å². The van der Waals surface area contributed by atoms with Crippen LogP contribution in [0.2, 0.25) is 0 Å². The van der Waals surface area contributed by atoms with Crippen LogP contribution in [0.3, 0.4) is 0 Å². The predicted octanol–water partition coefficient (Wildman–Crippen LogP) is 1.62. The molecule has 0 aliphatic heterocycles. The average Bonchev–Trinajstić information content (AvgIpc) is 2.93. The highest BCUT2D eigenvalue weighted by Crippen LogP contribution is 2.03. The van der Waals surface area contributed by atoms with Crippen LogP contribution in [0.4, 0.5) is 0 Å². The fraction of sp³-hybridized carbons (Fsp3) is 0.500. The van der Waals surface area contributed by atoms with Crippen LogP contribution in [0.1, 0.15) is 31.7 Å². The smallest absolute Gasteiger partial charge is 0.227 e. The van der Waals surface area contributed by atoms with Gasteiger partial charge in [-0.05, 0) is 34.7 Å². The Kier molecular flexibility index (Phi) is 6.06. The average molecular weight is 301 g/mol. The Morgan fingerprint density at radius 2 is 2.05 bits per heavy atom. The molecule has 1 N–H and O–H groups in total. The number of carbonyl (C=O) groups is 1.